The zero-order valence-corrected chi connectivity index (χ0v) is 13.6. The van der Waals surface area contributed by atoms with Crippen LogP contribution in [0.4, 0.5) is 0 Å². The van der Waals surface area contributed by atoms with E-state index in [4.69, 9.17) is 14.6 Å². The maximum atomic E-state index is 10.4. The summed E-state index contributed by atoms with van der Waals surface area (Å²) in [6.07, 6.45) is 0.630. The third-order valence-electron chi connectivity index (χ3n) is 2.99. The first kappa shape index (κ1) is 17.2. The van der Waals surface area contributed by atoms with Crippen molar-refractivity contribution in [3.05, 3.63) is 54.6 Å². The molecule has 0 unspecified atom stereocenters. The van der Waals surface area contributed by atoms with Crippen molar-refractivity contribution in [3.63, 3.8) is 0 Å². The summed E-state index contributed by atoms with van der Waals surface area (Å²) in [7, 11) is 0. The average molecular weight is 332 g/mol. The summed E-state index contributed by atoms with van der Waals surface area (Å²) in [6, 6.07) is 17.6. The number of thioether (sulfide) groups is 1. The Balaban J connectivity index is 1.63. The van der Waals surface area contributed by atoms with Crippen molar-refractivity contribution in [1.82, 2.24) is 0 Å². The zero-order valence-electron chi connectivity index (χ0n) is 12.8. The van der Waals surface area contributed by atoms with Gasteiger partial charge in [-0.1, -0.05) is 18.2 Å². The normalized spacial score (nSPS) is 10.3. The Hall–Kier alpha value is -2.14. The molecule has 122 valence electrons. The highest BCUT2D eigenvalue weighted by molar-refractivity contribution is 7.99. The molecule has 0 bridgehead atoms. The van der Waals surface area contributed by atoms with Gasteiger partial charge in [0, 0.05) is 17.1 Å². The summed E-state index contributed by atoms with van der Waals surface area (Å²) in [4.78, 5) is 11.6. The number of ether oxygens (including phenoxy) is 2. The van der Waals surface area contributed by atoms with Crippen LogP contribution in [0.1, 0.15) is 12.8 Å². The van der Waals surface area contributed by atoms with Gasteiger partial charge in [0.25, 0.3) is 0 Å². The van der Waals surface area contributed by atoms with Crippen molar-refractivity contribution < 1.29 is 19.4 Å². The number of carboxylic acids is 1. The smallest absolute Gasteiger partial charge is 0.303 e. The van der Waals surface area contributed by atoms with Gasteiger partial charge in [-0.15, -0.1) is 11.8 Å². The van der Waals surface area contributed by atoms with Gasteiger partial charge in [-0.3, -0.25) is 4.79 Å². The minimum atomic E-state index is -0.800. The average Bonchev–Trinajstić information content (AvgIpc) is 2.57. The van der Waals surface area contributed by atoms with E-state index in [1.165, 1.54) is 4.90 Å². The van der Waals surface area contributed by atoms with E-state index in [0.717, 1.165) is 17.3 Å². The van der Waals surface area contributed by atoms with Crippen LogP contribution in [0.5, 0.6) is 11.5 Å². The first-order valence-electron chi connectivity index (χ1n) is 7.49. The van der Waals surface area contributed by atoms with Gasteiger partial charge < -0.3 is 14.6 Å². The van der Waals surface area contributed by atoms with E-state index < -0.39 is 5.97 Å². The topological polar surface area (TPSA) is 55.8 Å². The predicted molar refractivity (Wildman–Crippen MR) is 91.5 cm³/mol. The Kier molecular flexibility index (Phi) is 7.33. The van der Waals surface area contributed by atoms with E-state index in [9.17, 15) is 4.79 Å². The Morgan fingerprint density at radius 3 is 2.13 bits per heavy atom. The molecular formula is C18H20O4S. The van der Waals surface area contributed by atoms with Crippen LogP contribution in [0.2, 0.25) is 0 Å². The molecule has 0 aliphatic carbocycles. The first-order chi connectivity index (χ1) is 11.2. The number of hydrogen-bond donors (Lipinski definition) is 1. The lowest BCUT2D eigenvalue weighted by atomic mass is 10.3. The quantitative estimate of drug-likeness (QED) is 0.524. The lowest BCUT2D eigenvalue weighted by molar-refractivity contribution is -0.137. The Morgan fingerprint density at radius 1 is 0.913 bits per heavy atom. The maximum absolute atomic E-state index is 10.4. The van der Waals surface area contributed by atoms with Gasteiger partial charge in [-0.25, -0.2) is 0 Å². The number of aliphatic carboxylic acids is 1. The second kappa shape index (κ2) is 9.79. The Morgan fingerprint density at radius 2 is 1.52 bits per heavy atom. The summed E-state index contributed by atoms with van der Waals surface area (Å²) in [6.45, 7) is 1.04. The summed E-state index contributed by atoms with van der Waals surface area (Å²) >= 11 is 1.76. The van der Waals surface area contributed by atoms with Gasteiger partial charge in [0.15, 0.2) is 0 Å². The number of benzene rings is 2. The second-order valence-electron chi connectivity index (χ2n) is 4.83. The van der Waals surface area contributed by atoms with Crippen LogP contribution in [0.15, 0.2) is 59.5 Å². The molecule has 0 fully saturated rings. The molecule has 0 amide bonds. The second-order valence-corrected chi connectivity index (χ2v) is 6.00. The highest BCUT2D eigenvalue weighted by Gasteiger charge is 2.00. The van der Waals surface area contributed by atoms with Gasteiger partial charge in [-0.2, -0.15) is 0 Å². The lowest BCUT2D eigenvalue weighted by Gasteiger charge is -2.08. The van der Waals surface area contributed by atoms with E-state index in [-0.39, 0.29) is 6.42 Å². The van der Waals surface area contributed by atoms with Crippen LogP contribution in [0.3, 0.4) is 0 Å². The van der Waals surface area contributed by atoms with Crippen LogP contribution < -0.4 is 9.47 Å². The Labute approximate surface area is 140 Å². The minimum absolute atomic E-state index is 0.125. The third kappa shape index (κ3) is 7.10. The van der Waals surface area contributed by atoms with Gasteiger partial charge in [0.05, 0.1) is 13.2 Å². The molecule has 4 nitrogen and oxygen atoms in total. The largest absolute Gasteiger partial charge is 0.494 e. The van der Waals surface area contributed by atoms with E-state index >= 15 is 0 Å². The molecule has 23 heavy (non-hydrogen) atoms. The van der Waals surface area contributed by atoms with Crippen molar-refractivity contribution >= 4 is 17.7 Å². The summed E-state index contributed by atoms with van der Waals surface area (Å²) < 4.78 is 11.2. The molecule has 2 rings (SSSR count). The highest BCUT2D eigenvalue weighted by Crippen LogP contribution is 2.20. The standard InChI is InChI=1S/C18H20O4S/c19-18(20)7-4-12-21-15-8-10-16(11-9-15)22-13-14-23-17-5-2-1-3-6-17/h1-3,5-6,8-11H,4,7,12-14H2,(H,19,20). The molecule has 2 aromatic carbocycles. The van der Waals surface area contributed by atoms with Crippen LogP contribution >= 0.6 is 11.8 Å². The van der Waals surface area contributed by atoms with E-state index in [0.29, 0.717) is 19.6 Å². The molecule has 0 radical (unpaired) electrons. The summed E-state index contributed by atoms with van der Waals surface area (Å²) in [5, 5.41) is 8.55. The van der Waals surface area contributed by atoms with Gasteiger partial charge in [-0.05, 0) is 42.8 Å². The lowest BCUT2D eigenvalue weighted by Crippen LogP contribution is -2.02. The predicted octanol–water partition coefficient (Wildman–Crippen LogP) is 4.10. The highest BCUT2D eigenvalue weighted by atomic mass is 32.2. The Bertz CT molecular complexity index is 584. The molecule has 0 aliphatic heterocycles. The van der Waals surface area contributed by atoms with Gasteiger partial charge in [0.1, 0.15) is 11.5 Å². The molecule has 1 N–H and O–H groups in total. The molecule has 0 aromatic heterocycles. The van der Waals surface area contributed by atoms with E-state index in [2.05, 4.69) is 12.1 Å². The fourth-order valence-electron chi connectivity index (χ4n) is 1.88. The van der Waals surface area contributed by atoms with E-state index in [1.807, 2.05) is 42.5 Å². The molecule has 0 spiro atoms. The van der Waals surface area contributed by atoms with E-state index in [1.54, 1.807) is 11.8 Å². The van der Waals surface area contributed by atoms with Crippen molar-refractivity contribution in [2.24, 2.45) is 0 Å². The van der Waals surface area contributed by atoms with Crippen molar-refractivity contribution in [1.29, 1.82) is 0 Å². The van der Waals surface area contributed by atoms with Crippen molar-refractivity contribution in [2.45, 2.75) is 17.7 Å². The monoisotopic (exact) mass is 332 g/mol. The number of hydrogen-bond acceptors (Lipinski definition) is 4. The zero-order chi connectivity index (χ0) is 16.3. The molecule has 0 atom stereocenters. The fourth-order valence-corrected chi connectivity index (χ4v) is 2.63. The van der Waals surface area contributed by atoms with Crippen LogP contribution in [-0.2, 0) is 4.79 Å². The molecule has 0 aliphatic rings. The summed E-state index contributed by atoms with van der Waals surface area (Å²) in [5.41, 5.74) is 0. The van der Waals surface area contributed by atoms with Crippen LogP contribution in [0, 0.1) is 0 Å². The SMILES string of the molecule is O=C(O)CCCOc1ccc(OCCSc2ccccc2)cc1. The molecule has 0 heterocycles. The van der Waals surface area contributed by atoms with Crippen LogP contribution in [0.25, 0.3) is 0 Å². The van der Waals surface area contributed by atoms with Crippen molar-refractivity contribution in [2.75, 3.05) is 19.0 Å². The number of rotatable bonds is 10. The van der Waals surface area contributed by atoms with Crippen LogP contribution in [-0.4, -0.2) is 30.0 Å². The summed E-state index contributed by atoms with van der Waals surface area (Å²) in [5.74, 6) is 1.61. The number of carboxylic acid groups (broad SMARTS) is 1. The molecule has 5 heteroatoms. The maximum Gasteiger partial charge on any atom is 0.303 e. The first-order valence-corrected chi connectivity index (χ1v) is 8.48. The van der Waals surface area contributed by atoms with Crippen molar-refractivity contribution in [3.8, 4) is 11.5 Å². The molecular weight excluding hydrogens is 312 g/mol. The van der Waals surface area contributed by atoms with Gasteiger partial charge >= 0.3 is 5.97 Å². The molecule has 0 saturated heterocycles. The molecule has 2 aromatic rings. The molecule has 0 saturated carbocycles. The number of carbonyl (C=O) groups is 1. The minimum Gasteiger partial charge on any atom is -0.494 e. The fraction of sp³-hybridized carbons (Fsp3) is 0.278. The third-order valence-corrected chi connectivity index (χ3v) is 3.97. The van der Waals surface area contributed by atoms with Gasteiger partial charge in [0.2, 0.25) is 0 Å².